The molecular weight excluding hydrogens is 495 g/mol. The minimum Gasteiger partial charge on any atom is -0.487 e. The fourth-order valence-corrected chi connectivity index (χ4v) is 4.81. The highest BCUT2D eigenvalue weighted by Gasteiger charge is 2.38. The first-order valence-corrected chi connectivity index (χ1v) is 12.5. The van der Waals surface area contributed by atoms with Crippen molar-refractivity contribution in [3.8, 4) is 5.75 Å². The van der Waals surface area contributed by atoms with Crippen LogP contribution in [0.15, 0.2) is 58.1 Å². The van der Waals surface area contributed by atoms with E-state index >= 15 is 0 Å². The van der Waals surface area contributed by atoms with E-state index in [1.165, 1.54) is 6.08 Å². The molecule has 8 nitrogen and oxygen atoms in total. The number of carbonyl (C=O) groups is 1. The Hall–Kier alpha value is -2.66. The van der Waals surface area contributed by atoms with Gasteiger partial charge < -0.3 is 4.74 Å². The van der Waals surface area contributed by atoms with Crippen molar-refractivity contribution in [3.05, 3.63) is 69.2 Å². The molecular formula is C20H14Cl2N4O4S2. The van der Waals surface area contributed by atoms with Gasteiger partial charge in [0.2, 0.25) is 19.4 Å². The van der Waals surface area contributed by atoms with Crippen molar-refractivity contribution in [1.29, 1.82) is 5.41 Å². The summed E-state index contributed by atoms with van der Waals surface area (Å²) >= 11 is 12.9. The van der Waals surface area contributed by atoms with Crippen LogP contribution in [0.25, 0.3) is 6.08 Å². The highest BCUT2D eigenvalue weighted by molar-refractivity contribution is 8.42. The second-order valence-corrected chi connectivity index (χ2v) is 10.8. The maximum absolute atomic E-state index is 12.4. The number of nitrogens with one attached hydrogen (secondary N) is 1. The standard InChI is InChI=1S/C20H14Cl2N4O4S2/c1-32(28,29)20-25-26-17(23)14(18(27)24-19(26)31-20)8-12-4-7-16(15(22)9-12)30-10-11-2-5-13(21)6-3-11/h2-9,23H,10H2,1H3/b14-8-,23-17?. The van der Waals surface area contributed by atoms with Gasteiger partial charge in [-0.05, 0) is 53.2 Å². The lowest BCUT2D eigenvalue weighted by Gasteiger charge is -2.20. The van der Waals surface area contributed by atoms with E-state index in [1.54, 1.807) is 30.3 Å². The number of hydrogen-bond acceptors (Lipinski definition) is 7. The number of carbonyl (C=O) groups excluding carboxylic acids is 1. The predicted octanol–water partition coefficient (Wildman–Crippen LogP) is 4.19. The van der Waals surface area contributed by atoms with Crippen LogP contribution in [-0.4, -0.2) is 41.0 Å². The Bertz CT molecular complexity index is 1340. The summed E-state index contributed by atoms with van der Waals surface area (Å²) in [5.41, 5.74) is 1.42. The lowest BCUT2D eigenvalue weighted by Crippen LogP contribution is -2.35. The molecule has 0 bridgehead atoms. The largest absolute Gasteiger partial charge is 0.487 e. The van der Waals surface area contributed by atoms with Crippen LogP contribution in [0.4, 0.5) is 0 Å². The highest BCUT2D eigenvalue weighted by Crippen LogP contribution is 2.31. The van der Waals surface area contributed by atoms with Gasteiger partial charge in [-0.15, -0.1) is 5.10 Å². The minimum absolute atomic E-state index is 0.0292. The van der Waals surface area contributed by atoms with Crippen molar-refractivity contribution in [2.75, 3.05) is 6.26 Å². The molecule has 2 aromatic rings. The number of aliphatic imine (C=N–C) groups is 1. The van der Waals surface area contributed by atoms with Crippen molar-refractivity contribution in [3.63, 3.8) is 0 Å². The Kier molecular flexibility index (Phi) is 6.13. The zero-order chi connectivity index (χ0) is 23.0. The lowest BCUT2D eigenvalue weighted by molar-refractivity contribution is -0.114. The van der Waals surface area contributed by atoms with Gasteiger partial charge in [0.15, 0.2) is 5.84 Å². The zero-order valence-electron chi connectivity index (χ0n) is 16.4. The summed E-state index contributed by atoms with van der Waals surface area (Å²) in [5.74, 6) is -0.490. The molecule has 0 saturated heterocycles. The molecule has 12 heteroatoms. The second-order valence-electron chi connectivity index (χ2n) is 6.76. The number of halogens is 2. The highest BCUT2D eigenvalue weighted by atomic mass is 35.5. The molecule has 1 N–H and O–H groups in total. The van der Waals surface area contributed by atoms with Crippen LogP contribution in [0.5, 0.6) is 5.75 Å². The SMILES string of the molecule is CS(=O)(=O)C1=NN2C(=N)/C(=C/c3ccc(OCc4ccc(Cl)cc4)c(Cl)c3)C(=O)N=C2S1. The summed E-state index contributed by atoms with van der Waals surface area (Å²) in [6.07, 6.45) is 2.44. The normalized spacial score (nSPS) is 17.3. The smallest absolute Gasteiger partial charge is 0.283 e. The van der Waals surface area contributed by atoms with Crippen molar-refractivity contribution in [2.24, 2.45) is 10.1 Å². The maximum atomic E-state index is 12.4. The first-order chi connectivity index (χ1) is 15.1. The Balaban J connectivity index is 1.54. The average Bonchev–Trinajstić information content (AvgIpc) is 3.16. The van der Waals surface area contributed by atoms with E-state index in [4.69, 9.17) is 33.3 Å². The monoisotopic (exact) mass is 508 g/mol. The van der Waals surface area contributed by atoms with Crippen LogP contribution in [0.2, 0.25) is 10.0 Å². The summed E-state index contributed by atoms with van der Waals surface area (Å²) < 4.78 is 29.0. The molecule has 2 heterocycles. The number of ether oxygens (including phenoxy) is 1. The molecule has 2 aliphatic heterocycles. The molecule has 0 unspecified atom stereocenters. The summed E-state index contributed by atoms with van der Waals surface area (Å²) in [6.45, 7) is 0.297. The average molecular weight is 509 g/mol. The van der Waals surface area contributed by atoms with E-state index < -0.39 is 15.7 Å². The van der Waals surface area contributed by atoms with Gasteiger partial charge in [-0.2, -0.15) is 10.0 Å². The molecule has 0 aliphatic carbocycles. The van der Waals surface area contributed by atoms with Gasteiger partial charge in [0.25, 0.3) is 5.91 Å². The molecule has 2 aromatic carbocycles. The number of thioether (sulfide) groups is 1. The Morgan fingerprint density at radius 3 is 2.56 bits per heavy atom. The van der Waals surface area contributed by atoms with Crippen molar-refractivity contribution in [1.82, 2.24) is 5.01 Å². The lowest BCUT2D eigenvalue weighted by atomic mass is 10.1. The number of sulfone groups is 1. The Morgan fingerprint density at radius 1 is 1.19 bits per heavy atom. The van der Waals surface area contributed by atoms with Crippen LogP contribution in [0.1, 0.15) is 11.1 Å². The van der Waals surface area contributed by atoms with Crippen LogP contribution < -0.4 is 4.74 Å². The third-order valence-electron chi connectivity index (χ3n) is 4.33. The van der Waals surface area contributed by atoms with Crippen LogP contribution >= 0.6 is 35.0 Å². The second kappa shape index (κ2) is 8.70. The third-order valence-corrected chi connectivity index (χ3v) is 7.45. The first kappa shape index (κ1) is 22.5. The van der Waals surface area contributed by atoms with Gasteiger partial charge >= 0.3 is 0 Å². The molecule has 0 saturated carbocycles. The predicted molar refractivity (Wildman–Crippen MR) is 127 cm³/mol. The topological polar surface area (TPSA) is 112 Å². The maximum Gasteiger partial charge on any atom is 0.283 e. The summed E-state index contributed by atoms with van der Waals surface area (Å²) in [4.78, 5) is 16.3. The molecule has 164 valence electrons. The molecule has 2 aliphatic rings. The summed E-state index contributed by atoms with van der Waals surface area (Å²) in [7, 11) is -3.59. The van der Waals surface area contributed by atoms with Crippen molar-refractivity contribution >= 4 is 72.2 Å². The van der Waals surface area contributed by atoms with Gasteiger partial charge in [0.05, 0.1) is 10.6 Å². The number of benzene rings is 2. The van der Waals surface area contributed by atoms with Crippen molar-refractivity contribution < 1.29 is 17.9 Å². The number of nitrogens with zero attached hydrogens (tertiary/aromatic N) is 3. The number of amidine groups is 2. The van der Waals surface area contributed by atoms with E-state index in [0.717, 1.165) is 28.6 Å². The van der Waals surface area contributed by atoms with E-state index in [2.05, 4.69) is 10.1 Å². The molecule has 4 rings (SSSR count). The summed E-state index contributed by atoms with van der Waals surface area (Å²) in [6, 6.07) is 12.2. The Morgan fingerprint density at radius 2 is 1.91 bits per heavy atom. The van der Waals surface area contributed by atoms with Crippen molar-refractivity contribution in [2.45, 2.75) is 6.61 Å². The number of fused-ring (bicyclic) bond motifs is 1. The van der Waals surface area contributed by atoms with Gasteiger partial charge in [0.1, 0.15) is 12.4 Å². The van der Waals surface area contributed by atoms with Crippen LogP contribution in [0.3, 0.4) is 0 Å². The number of rotatable bonds is 4. The fourth-order valence-electron chi connectivity index (χ4n) is 2.76. The van der Waals surface area contributed by atoms with E-state index in [9.17, 15) is 13.2 Å². The van der Waals surface area contributed by atoms with Crippen LogP contribution in [-0.2, 0) is 21.2 Å². The van der Waals surface area contributed by atoms with Crippen LogP contribution in [0, 0.1) is 5.41 Å². The van der Waals surface area contributed by atoms with Gasteiger partial charge in [-0.3, -0.25) is 10.2 Å². The molecule has 0 radical (unpaired) electrons. The van der Waals surface area contributed by atoms with E-state index in [0.29, 0.717) is 28.0 Å². The first-order valence-electron chi connectivity index (χ1n) is 8.99. The molecule has 0 spiro atoms. The molecule has 32 heavy (non-hydrogen) atoms. The van der Waals surface area contributed by atoms with Gasteiger partial charge in [-0.25, -0.2) is 8.42 Å². The number of amides is 1. The molecule has 0 atom stereocenters. The molecule has 0 aromatic heterocycles. The number of hydrogen-bond donors (Lipinski definition) is 1. The fraction of sp³-hybridized carbons (Fsp3) is 0.100. The van der Waals surface area contributed by atoms with E-state index in [1.807, 2.05) is 12.1 Å². The van der Waals surface area contributed by atoms with Gasteiger partial charge in [0, 0.05) is 11.3 Å². The number of hydrazone groups is 1. The minimum atomic E-state index is -3.59. The third kappa shape index (κ3) is 4.73. The van der Waals surface area contributed by atoms with Gasteiger partial charge in [-0.1, -0.05) is 41.4 Å². The quantitative estimate of drug-likeness (QED) is 0.619. The molecule has 0 fully saturated rings. The van der Waals surface area contributed by atoms with E-state index in [-0.39, 0.29) is 21.0 Å². The molecule has 1 amide bonds. The summed E-state index contributed by atoms with van der Waals surface area (Å²) in [5, 5.41) is 14.2. The zero-order valence-corrected chi connectivity index (χ0v) is 19.5. The Labute approximate surface area is 198 Å².